The van der Waals surface area contributed by atoms with E-state index in [-0.39, 0.29) is 11.5 Å². The van der Waals surface area contributed by atoms with Crippen molar-refractivity contribution in [2.45, 2.75) is 79.1 Å². The molecular formula is C33H43N3O5. The number of benzene rings is 1. The van der Waals surface area contributed by atoms with E-state index in [9.17, 15) is 9.90 Å². The summed E-state index contributed by atoms with van der Waals surface area (Å²) in [7, 11) is 0. The third kappa shape index (κ3) is 7.97. The molecule has 1 N–H and O–H groups in total. The summed E-state index contributed by atoms with van der Waals surface area (Å²) >= 11 is 0. The van der Waals surface area contributed by atoms with Gasteiger partial charge >= 0.3 is 5.97 Å². The van der Waals surface area contributed by atoms with E-state index < -0.39 is 17.7 Å². The van der Waals surface area contributed by atoms with Gasteiger partial charge in [0.25, 0.3) is 0 Å². The lowest BCUT2D eigenvalue weighted by molar-refractivity contribution is -0.160. The van der Waals surface area contributed by atoms with Gasteiger partial charge in [-0.2, -0.15) is 0 Å². The normalized spacial score (nSPS) is 16.6. The topological polar surface area (TPSA) is 94.0 Å². The Labute approximate surface area is 243 Å². The molecule has 41 heavy (non-hydrogen) atoms. The Hall–Kier alpha value is -3.65. The van der Waals surface area contributed by atoms with Gasteiger partial charge in [0, 0.05) is 36.1 Å². The quantitative estimate of drug-likeness (QED) is 0.287. The third-order valence-electron chi connectivity index (χ3n) is 7.26. The summed E-state index contributed by atoms with van der Waals surface area (Å²) in [6.45, 7) is 16.0. The van der Waals surface area contributed by atoms with Crippen molar-refractivity contribution >= 4 is 11.7 Å². The van der Waals surface area contributed by atoms with Crippen molar-refractivity contribution in [1.82, 2.24) is 9.97 Å². The van der Waals surface area contributed by atoms with Crippen LogP contribution < -0.4 is 14.4 Å². The molecule has 1 aliphatic heterocycles. The van der Waals surface area contributed by atoms with Crippen molar-refractivity contribution in [2.75, 3.05) is 24.6 Å². The van der Waals surface area contributed by atoms with Gasteiger partial charge in [-0.15, -0.1) is 0 Å². The maximum absolute atomic E-state index is 12.6. The number of piperidine rings is 1. The summed E-state index contributed by atoms with van der Waals surface area (Å²) in [5.74, 6) is 0.380. The average Bonchev–Trinajstić information content (AvgIpc) is 2.91. The van der Waals surface area contributed by atoms with Crippen LogP contribution in [0.4, 0.5) is 5.69 Å². The van der Waals surface area contributed by atoms with E-state index in [2.05, 4.69) is 23.7 Å². The molecule has 0 radical (unpaired) electrons. The molecule has 8 heteroatoms. The van der Waals surface area contributed by atoms with Crippen LogP contribution in [0.3, 0.4) is 0 Å². The fourth-order valence-corrected chi connectivity index (χ4v) is 4.98. The predicted octanol–water partition coefficient (Wildman–Crippen LogP) is 6.87. The SMILES string of the molecule is Cc1ncc(-c2ccc(O[C@@H](C)COc3ccccc3)cn2)c(N2CCC(C)(C)CC2)c1[C@H](OC(C)(C)C)C(=O)O. The fraction of sp³-hybridized carbons (Fsp3) is 0.485. The molecule has 3 heterocycles. The van der Waals surface area contributed by atoms with Gasteiger partial charge in [-0.25, -0.2) is 4.79 Å². The number of aliphatic carboxylic acids is 1. The van der Waals surface area contributed by atoms with Crippen molar-refractivity contribution in [3.63, 3.8) is 0 Å². The highest BCUT2D eigenvalue weighted by Gasteiger charge is 2.36. The van der Waals surface area contributed by atoms with Crippen LogP contribution in [-0.2, 0) is 9.53 Å². The van der Waals surface area contributed by atoms with Gasteiger partial charge in [0.1, 0.15) is 24.2 Å². The predicted molar refractivity (Wildman–Crippen MR) is 161 cm³/mol. The number of aromatic nitrogens is 2. The number of nitrogens with zero attached hydrogens (tertiary/aromatic N) is 3. The van der Waals surface area contributed by atoms with Gasteiger partial charge < -0.3 is 24.2 Å². The summed E-state index contributed by atoms with van der Waals surface area (Å²) in [6.07, 6.45) is 4.12. The van der Waals surface area contributed by atoms with Gasteiger partial charge in [-0.1, -0.05) is 32.0 Å². The number of hydrogen-bond donors (Lipinski definition) is 1. The Morgan fingerprint density at radius 3 is 2.29 bits per heavy atom. The van der Waals surface area contributed by atoms with E-state index >= 15 is 0 Å². The molecule has 1 saturated heterocycles. The largest absolute Gasteiger partial charge is 0.490 e. The minimum atomic E-state index is -1.17. The van der Waals surface area contributed by atoms with E-state index in [1.54, 1.807) is 12.4 Å². The molecule has 220 valence electrons. The second-order valence-corrected chi connectivity index (χ2v) is 12.6. The maximum Gasteiger partial charge on any atom is 0.337 e. The number of carboxylic acids is 1. The lowest BCUT2D eigenvalue weighted by Crippen LogP contribution is -2.39. The van der Waals surface area contributed by atoms with Crippen LogP contribution in [0.15, 0.2) is 54.9 Å². The number of rotatable bonds is 10. The maximum atomic E-state index is 12.6. The number of hydrogen-bond acceptors (Lipinski definition) is 7. The lowest BCUT2D eigenvalue weighted by Gasteiger charge is -2.40. The zero-order valence-corrected chi connectivity index (χ0v) is 25.3. The minimum Gasteiger partial charge on any atom is -0.490 e. The first-order valence-corrected chi connectivity index (χ1v) is 14.3. The van der Waals surface area contributed by atoms with Crippen LogP contribution in [-0.4, -0.2) is 52.4 Å². The molecule has 2 atom stereocenters. The molecule has 0 unspecified atom stereocenters. The van der Waals surface area contributed by atoms with E-state index in [1.807, 2.05) is 77.1 Å². The van der Waals surface area contributed by atoms with Crippen LogP contribution in [0.2, 0.25) is 0 Å². The second kappa shape index (κ2) is 12.5. The first-order valence-electron chi connectivity index (χ1n) is 14.3. The van der Waals surface area contributed by atoms with Crippen LogP contribution in [0.1, 0.15) is 71.7 Å². The highest BCUT2D eigenvalue weighted by molar-refractivity contribution is 5.85. The Kier molecular flexibility index (Phi) is 9.22. The molecule has 0 spiro atoms. The standard InChI is InChI=1S/C33H43N3O5/c1-22(21-39-24-11-9-8-10-12-24)40-25-13-14-27(35-19-25)26-20-34-23(2)28(30(31(37)38)41-32(3,4)5)29(26)36-17-15-33(6,7)16-18-36/h8-14,19-20,22,30H,15-18,21H2,1-7H3,(H,37,38)/t22-,30-/m0/s1. The Morgan fingerprint density at radius 2 is 1.71 bits per heavy atom. The molecule has 8 nitrogen and oxygen atoms in total. The summed E-state index contributed by atoms with van der Waals surface area (Å²) in [4.78, 5) is 24.2. The van der Waals surface area contributed by atoms with Gasteiger partial charge in [0.15, 0.2) is 6.10 Å². The average molecular weight is 562 g/mol. The zero-order chi connectivity index (χ0) is 29.8. The third-order valence-corrected chi connectivity index (χ3v) is 7.26. The van der Waals surface area contributed by atoms with Crippen molar-refractivity contribution in [3.8, 4) is 22.8 Å². The molecule has 1 aliphatic rings. The van der Waals surface area contributed by atoms with Gasteiger partial charge in [-0.3, -0.25) is 9.97 Å². The van der Waals surface area contributed by atoms with Crippen LogP contribution in [0, 0.1) is 12.3 Å². The van der Waals surface area contributed by atoms with E-state index in [0.29, 0.717) is 29.3 Å². The fourth-order valence-electron chi connectivity index (χ4n) is 4.98. The number of pyridine rings is 2. The van der Waals surface area contributed by atoms with Gasteiger partial charge in [0.2, 0.25) is 0 Å². The first kappa shape index (κ1) is 30.3. The molecular weight excluding hydrogens is 518 g/mol. The molecule has 0 bridgehead atoms. The van der Waals surface area contributed by atoms with E-state index in [1.165, 1.54) is 0 Å². The molecule has 2 aromatic heterocycles. The first-order chi connectivity index (χ1) is 19.3. The molecule has 0 aliphatic carbocycles. The molecule has 0 amide bonds. The van der Waals surface area contributed by atoms with Crippen molar-refractivity contribution in [2.24, 2.45) is 5.41 Å². The van der Waals surface area contributed by atoms with Crippen molar-refractivity contribution < 1.29 is 24.1 Å². The number of anilines is 1. The van der Waals surface area contributed by atoms with Crippen LogP contribution >= 0.6 is 0 Å². The summed E-state index contributed by atoms with van der Waals surface area (Å²) in [5.41, 5.74) is 3.09. The monoisotopic (exact) mass is 561 g/mol. The van der Waals surface area contributed by atoms with Crippen molar-refractivity contribution in [3.05, 3.63) is 66.1 Å². The van der Waals surface area contributed by atoms with Gasteiger partial charge in [-0.05, 0) is 77.1 Å². The number of aryl methyl sites for hydroxylation is 1. The van der Waals surface area contributed by atoms with E-state index in [0.717, 1.165) is 42.9 Å². The van der Waals surface area contributed by atoms with Gasteiger partial charge in [0.05, 0.1) is 23.2 Å². The number of carboxylic acid groups (broad SMARTS) is 1. The van der Waals surface area contributed by atoms with Crippen LogP contribution in [0.25, 0.3) is 11.3 Å². The summed E-state index contributed by atoms with van der Waals surface area (Å²) in [5, 5.41) is 10.3. The molecule has 4 rings (SSSR count). The molecule has 1 aromatic carbocycles. The van der Waals surface area contributed by atoms with E-state index in [4.69, 9.17) is 19.2 Å². The number of para-hydroxylation sites is 1. The molecule has 3 aromatic rings. The minimum absolute atomic E-state index is 0.186. The second-order valence-electron chi connectivity index (χ2n) is 12.6. The highest BCUT2D eigenvalue weighted by atomic mass is 16.5. The lowest BCUT2D eigenvalue weighted by atomic mass is 9.82. The molecule has 0 saturated carbocycles. The zero-order valence-electron chi connectivity index (χ0n) is 25.3. The smallest absolute Gasteiger partial charge is 0.337 e. The highest BCUT2D eigenvalue weighted by Crippen LogP contribution is 2.43. The van der Waals surface area contributed by atoms with Crippen LogP contribution in [0.5, 0.6) is 11.5 Å². The number of ether oxygens (including phenoxy) is 3. The Balaban J connectivity index is 1.66. The van der Waals surface area contributed by atoms with Crippen molar-refractivity contribution in [1.29, 1.82) is 0 Å². The Morgan fingerprint density at radius 1 is 1.02 bits per heavy atom. The Bertz CT molecular complexity index is 1310. The number of carbonyl (C=O) groups is 1. The molecule has 1 fully saturated rings. The summed E-state index contributed by atoms with van der Waals surface area (Å²) < 4.78 is 18.0. The summed E-state index contributed by atoms with van der Waals surface area (Å²) in [6, 6.07) is 13.4.